The van der Waals surface area contributed by atoms with Crippen molar-refractivity contribution in [2.75, 3.05) is 19.6 Å². The molecule has 4 aliphatic rings. The van der Waals surface area contributed by atoms with Gasteiger partial charge < -0.3 is 14.8 Å². The molecule has 4 heterocycles. The Labute approximate surface area is 152 Å². The summed E-state index contributed by atoms with van der Waals surface area (Å²) in [6.07, 6.45) is 4.70. The summed E-state index contributed by atoms with van der Waals surface area (Å²) in [5, 5.41) is 0. The first kappa shape index (κ1) is 15.9. The molecule has 1 aromatic carbocycles. The molecule has 2 bridgehead atoms. The van der Waals surface area contributed by atoms with Gasteiger partial charge in [-0.1, -0.05) is 12.1 Å². The van der Waals surface area contributed by atoms with Crippen LogP contribution in [-0.2, 0) is 16.0 Å². The summed E-state index contributed by atoms with van der Waals surface area (Å²) in [5.41, 5.74) is 1.84. The lowest BCUT2D eigenvalue weighted by Gasteiger charge is -2.36. The first-order valence-corrected chi connectivity index (χ1v) is 9.69. The molecular weight excluding hydrogens is 328 g/mol. The van der Waals surface area contributed by atoms with E-state index >= 15 is 0 Å². The molecule has 2 amide bonds. The lowest BCUT2D eigenvalue weighted by atomic mass is 9.94. The van der Waals surface area contributed by atoms with Crippen LogP contribution in [0.1, 0.15) is 31.5 Å². The second-order valence-electron chi connectivity index (χ2n) is 8.04. The average molecular weight is 352 g/mol. The fraction of sp³-hybridized carbons (Fsp3) is 0.550. The maximum absolute atomic E-state index is 12.9. The van der Waals surface area contributed by atoms with E-state index in [9.17, 15) is 9.59 Å². The van der Waals surface area contributed by atoms with Gasteiger partial charge in [-0.3, -0.25) is 9.59 Å². The minimum absolute atomic E-state index is 0.0212. The number of hydrogen-bond donors (Lipinski definition) is 1. The number of H-pyrrole nitrogens is 1. The van der Waals surface area contributed by atoms with Gasteiger partial charge in [-0.15, -0.1) is 0 Å². The Morgan fingerprint density at radius 2 is 2.00 bits per heavy atom. The van der Waals surface area contributed by atoms with Crippen molar-refractivity contribution in [3.05, 3.63) is 30.1 Å². The number of piperidine rings is 1. The second-order valence-corrected chi connectivity index (χ2v) is 8.04. The molecule has 26 heavy (non-hydrogen) atoms. The van der Waals surface area contributed by atoms with Crippen LogP contribution in [0.25, 0.3) is 11.0 Å². The van der Waals surface area contributed by atoms with Gasteiger partial charge in [0.25, 0.3) is 0 Å². The molecular formula is C20H24N4O2. The van der Waals surface area contributed by atoms with E-state index in [1.165, 1.54) is 12.8 Å². The Balaban J connectivity index is 1.31. The zero-order chi connectivity index (χ0) is 17.7. The van der Waals surface area contributed by atoms with Gasteiger partial charge in [-0.25, -0.2) is 4.98 Å². The Hall–Kier alpha value is -2.37. The molecule has 0 radical (unpaired) electrons. The quantitative estimate of drug-likeness (QED) is 0.915. The van der Waals surface area contributed by atoms with E-state index < -0.39 is 0 Å². The van der Waals surface area contributed by atoms with Gasteiger partial charge in [0.05, 0.1) is 23.4 Å². The Morgan fingerprint density at radius 3 is 2.81 bits per heavy atom. The van der Waals surface area contributed by atoms with Crippen LogP contribution in [-0.4, -0.2) is 57.3 Å². The van der Waals surface area contributed by atoms with E-state index in [1.807, 2.05) is 29.2 Å². The van der Waals surface area contributed by atoms with E-state index in [0.29, 0.717) is 24.8 Å². The predicted octanol–water partition coefficient (Wildman–Crippen LogP) is 1.96. The first-order chi connectivity index (χ1) is 12.7. The third-order valence-electron chi connectivity index (χ3n) is 6.05. The van der Waals surface area contributed by atoms with Crippen molar-refractivity contribution in [1.29, 1.82) is 0 Å². The molecule has 6 nitrogen and oxygen atoms in total. The number of carbonyl (C=O) groups is 2. The van der Waals surface area contributed by atoms with Crippen molar-refractivity contribution in [2.24, 2.45) is 11.8 Å². The Morgan fingerprint density at radius 1 is 1.15 bits per heavy atom. The molecule has 1 aromatic heterocycles. The van der Waals surface area contributed by atoms with Gasteiger partial charge >= 0.3 is 0 Å². The van der Waals surface area contributed by atoms with E-state index in [0.717, 1.165) is 30.4 Å². The van der Waals surface area contributed by atoms with Gasteiger partial charge in [0.15, 0.2) is 0 Å². The molecule has 6 rings (SSSR count). The third-order valence-corrected chi connectivity index (χ3v) is 6.05. The number of rotatable bonds is 4. The standard InChI is InChI=1S/C20H24N4O2/c25-19(9-18-21-16-3-1-2-4-17(16)22-18)23-11-14-7-8-15(12-23)24(20(14)26)10-13-5-6-13/h1-4,13-15H,5-12H2,(H,21,22)/t14-,15+/m0/s1. The number of aromatic amines is 1. The highest BCUT2D eigenvalue weighted by Crippen LogP contribution is 2.35. The van der Waals surface area contributed by atoms with E-state index in [-0.39, 0.29) is 30.2 Å². The molecule has 1 saturated carbocycles. The van der Waals surface area contributed by atoms with Crippen LogP contribution in [0.5, 0.6) is 0 Å². The summed E-state index contributed by atoms with van der Waals surface area (Å²) in [5.74, 6) is 1.72. The number of fused-ring (bicyclic) bond motifs is 5. The maximum atomic E-state index is 12.9. The molecule has 136 valence electrons. The van der Waals surface area contributed by atoms with Crippen LogP contribution < -0.4 is 0 Å². The zero-order valence-electron chi connectivity index (χ0n) is 14.9. The highest BCUT2D eigenvalue weighted by atomic mass is 16.2. The minimum Gasteiger partial charge on any atom is -0.342 e. The molecule has 1 N–H and O–H groups in total. The van der Waals surface area contributed by atoms with Crippen LogP contribution in [0, 0.1) is 11.8 Å². The summed E-state index contributed by atoms with van der Waals surface area (Å²) in [6, 6.07) is 8.01. The number of para-hydroxylation sites is 2. The molecule has 0 spiro atoms. The largest absolute Gasteiger partial charge is 0.342 e. The van der Waals surface area contributed by atoms with Crippen LogP contribution in [0.15, 0.2) is 24.3 Å². The third kappa shape index (κ3) is 2.87. The summed E-state index contributed by atoms with van der Waals surface area (Å²) in [7, 11) is 0. The number of aromatic nitrogens is 2. The monoisotopic (exact) mass is 352 g/mol. The zero-order valence-corrected chi connectivity index (χ0v) is 14.9. The summed E-state index contributed by atoms with van der Waals surface area (Å²) >= 11 is 0. The second kappa shape index (κ2) is 6.11. The number of carbonyl (C=O) groups excluding carboxylic acids is 2. The fourth-order valence-corrected chi connectivity index (χ4v) is 4.41. The molecule has 3 saturated heterocycles. The molecule has 1 aliphatic carbocycles. The highest BCUT2D eigenvalue weighted by molar-refractivity contribution is 5.84. The molecule has 2 atom stereocenters. The average Bonchev–Trinajstić information content (AvgIpc) is 3.41. The minimum atomic E-state index is -0.0212. The first-order valence-electron chi connectivity index (χ1n) is 9.69. The number of nitrogens with one attached hydrogen (secondary N) is 1. The summed E-state index contributed by atoms with van der Waals surface area (Å²) in [4.78, 5) is 37.4. The topological polar surface area (TPSA) is 69.3 Å². The maximum Gasteiger partial charge on any atom is 0.230 e. The van der Waals surface area contributed by atoms with Crippen molar-refractivity contribution < 1.29 is 9.59 Å². The van der Waals surface area contributed by atoms with Crippen LogP contribution in [0.3, 0.4) is 0 Å². The molecule has 0 unspecified atom stereocenters. The smallest absolute Gasteiger partial charge is 0.230 e. The van der Waals surface area contributed by atoms with E-state index in [2.05, 4.69) is 14.9 Å². The lowest BCUT2D eigenvalue weighted by molar-refractivity contribution is -0.140. The normalized spacial score (nSPS) is 25.8. The van der Waals surface area contributed by atoms with Gasteiger partial charge in [-0.05, 0) is 43.7 Å². The summed E-state index contributed by atoms with van der Waals surface area (Å²) in [6.45, 7) is 2.13. The Kier molecular flexibility index (Phi) is 3.72. The predicted molar refractivity (Wildman–Crippen MR) is 97.3 cm³/mol. The number of nitrogens with zero attached hydrogens (tertiary/aromatic N) is 3. The number of benzene rings is 1. The van der Waals surface area contributed by atoms with Crippen molar-refractivity contribution in [3.63, 3.8) is 0 Å². The van der Waals surface area contributed by atoms with Gasteiger partial charge in [0.1, 0.15) is 5.82 Å². The SMILES string of the molecule is O=C(Cc1nc2ccccc2[nH]1)N1C[C@@H]2CC[C@H](C1)N(CC1CC1)C2=O. The van der Waals surface area contributed by atoms with E-state index in [4.69, 9.17) is 0 Å². The van der Waals surface area contributed by atoms with Crippen molar-refractivity contribution >= 4 is 22.8 Å². The molecule has 6 heteroatoms. The van der Waals surface area contributed by atoms with Crippen molar-refractivity contribution in [3.8, 4) is 0 Å². The number of amides is 2. The van der Waals surface area contributed by atoms with E-state index in [1.54, 1.807) is 0 Å². The highest BCUT2D eigenvalue weighted by Gasteiger charge is 2.43. The van der Waals surface area contributed by atoms with Crippen molar-refractivity contribution in [1.82, 2.24) is 19.8 Å². The molecule has 4 fully saturated rings. The van der Waals surface area contributed by atoms with Gasteiger partial charge in [0, 0.05) is 25.7 Å². The molecule has 2 aromatic rings. The summed E-state index contributed by atoms with van der Waals surface area (Å²) < 4.78 is 0. The van der Waals surface area contributed by atoms with Gasteiger partial charge in [0.2, 0.25) is 11.8 Å². The van der Waals surface area contributed by atoms with Gasteiger partial charge in [-0.2, -0.15) is 0 Å². The fourth-order valence-electron chi connectivity index (χ4n) is 4.41. The van der Waals surface area contributed by atoms with Crippen LogP contribution >= 0.6 is 0 Å². The number of hydrogen-bond acceptors (Lipinski definition) is 3. The van der Waals surface area contributed by atoms with Crippen LogP contribution in [0.4, 0.5) is 0 Å². The lowest BCUT2D eigenvalue weighted by Crippen LogP contribution is -2.48. The molecule has 3 aliphatic heterocycles. The Bertz CT molecular complexity index is 823. The van der Waals surface area contributed by atoms with Crippen LogP contribution in [0.2, 0.25) is 0 Å². The van der Waals surface area contributed by atoms with Crippen molar-refractivity contribution in [2.45, 2.75) is 38.1 Å². The number of imidazole rings is 1.